The van der Waals surface area contributed by atoms with Crippen LogP contribution in [0.2, 0.25) is 0 Å². The largest absolute Gasteiger partial charge is 0.507 e. The van der Waals surface area contributed by atoms with Crippen molar-refractivity contribution in [1.29, 1.82) is 0 Å². The van der Waals surface area contributed by atoms with Crippen molar-refractivity contribution in [3.63, 3.8) is 0 Å². The average molecular weight is 322 g/mol. The summed E-state index contributed by atoms with van der Waals surface area (Å²) in [6, 6.07) is 14.6. The van der Waals surface area contributed by atoms with Gasteiger partial charge < -0.3 is 10.2 Å². The van der Waals surface area contributed by atoms with Crippen molar-refractivity contribution in [2.45, 2.75) is 37.8 Å². The maximum absolute atomic E-state index is 9.84. The molecule has 1 aliphatic rings. The third kappa shape index (κ3) is 4.02. The first-order valence-corrected chi connectivity index (χ1v) is 8.36. The first kappa shape index (κ1) is 16.2. The predicted octanol–water partition coefficient (Wildman–Crippen LogP) is 3.95. The lowest BCUT2D eigenvalue weighted by atomic mass is 9.91. The van der Waals surface area contributed by atoms with Gasteiger partial charge in [-0.2, -0.15) is 0 Å². The topological polar surface area (TPSA) is 65.2 Å². The van der Waals surface area contributed by atoms with Gasteiger partial charge in [0.25, 0.3) is 0 Å². The second-order valence-corrected chi connectivity index (χ2v) is 6.09. The van der Waals surface area contributed by atoms with Crippen molar-refractivity contribution in [1.82, 2.24) is 0 Å². The first-order chi connectivity index (χ1) is 11.7. The molecule has 1 aliphatic carbocycles. The Morgan fingerprint density at radius 3 is 1.54 bits per heavy atom. The van der Waals surface area contributed by atoms with E-state index in [2.05, 4.69) is 9.98 Å². The van der Waals surface area contributed by atoms with Gasteiger partial charge in [0.1, 0.15) is 11.5 Å². The quantitative estimate of drug-likeness (QED) is 0.837. The molecule has 124 valence electrons. The van der Waals surface area contributed by atoms with Crippen molar-refractivity contribution in [3.05, 3.63) is 59.7 Å². The predicted molar refractivity (Wildman–Crippen MR) is 97.4 cm³/mol. The molecule has 0 bridgehead atoms. The van der Waals surface area contributed by atoms with Crippen LogP contribution in [0.3, 0.4) is 0 Å². The molecule has 24 heavy (non-hydrogen) atoms. The molecule has 0 aromatic heterocycles. The van der Waals surface area contributed by atoms with Gasteiger partial charge in [-0.1, -0.05) is 37.1 Å². The number of nitrogens with zero attached hydrogens (tertiary/aromatic N) is 2. The summed E-state index contributed by atoms with van der Waals surface area (Å²) in [6.07, 6.45) is 7.76. The zero-order valence-corrected chi connectivity index (χ0v) is 13.5. The molecule has 0 heterocycles. The number of phenols is 2. The molecular weight excluding hydrogens is 300 g/mol. The van der Waals surface area contributed by atoms with Crippen LogP contribution < -0.4 is 0 Å². The van der Waals surface area contributed by atoms with Gasteiger partial charge in [-0.3, -0.25) is 9.98 Å². The lowest BCUT2D eigenvalue weighted by molar-refractivity contribution is 0.390. The highest BCUT2D eigenvalue weighted by Crippen LogP contribution is 2.25. The Morgan fingerprint density at radius 1 is 0.708 bits per heavy atom. The van der Waals surface area contributed by atoms with Crippen LogP contribution in [0.5, 0.6) is 11.5 Å². The van der Waals surface area contributed by atoms with Crippen molar-refractivity contribution in [2.75, 3.05) is 0 Å². The summed E-state index contributed by atoms with van der Waals surface area (Å²) in [5, 5.41) is 19.7. The third-order valence-corrected chi connectivity index (χ3v) is 4.38. The maximum atomic E-state index is 9.84. The zero-order valence-electron chi connectivity index (χ0n) is 13.5. The number of rotatable bonds is 4. The molecule has 0 spiro atoms. The zero-order chi connectivity index (χ0) is 16.8. The first-order valence-electron chi connectivity index (χ1n) is 8.36. The van der Waals surface area contributed by atoms with Gasteiger partial charge in [0, 0.05) is 23.6 Å². The van der Waals surface area contributed by atoms with E-state index in [1.54, 1.807) is 36.7 Å². The summed E-state index contributed by atoms with van der Waals surface area (Å²) in [4.78, 5) is 9.34. The lowest BCUT2D eigenvalue weighted by Crippen LogP contribution is -2.27. The van der Waals surface area contributed by atoms with Gasteiger partial charge in [0.15, 0.2) is 0 Å². The van der Waals surface area contributed by atoms with Gasteiger partial charge in [-0.25, -0.2) is 0 Å². The fourth-order valence-electron chi connectivity index (χ4n) is 2.98. The molecule has 4 nitrogen and oxygen atoms in total. The molecule has 0 amide bonds. The fraction of sp³-hybridized carbons (Fsp3) is 0.300. The maximum Gasteiger partial charge on any atom is 0.124 e. The van der Waals surface area contributed by atoms with Gasteiger partial charge in [-0.15, -0.1) is 0 Å². The summed E-state index contributed by atoms with van der Waals surface area (Å²) in [5.41, 5.74) is 1.46. The molecule has 2 unspecified atom stereocenters. The van der Waals surface area contributed by atoms with Gasteiger partial charge in [0.2, 0.25) is 0 Å². The molecule has 3 rings (SSSR count). The highest BCUT2D eigenvalue weighted by molar-refractivity contribution is 5.84. The molecule has 1 fully saturated rings. The number of aliphatic imine (C=N–C) groups is 2. The monoisotopic (exact) mass is 322 g/mol. The number of aromatic hydroxyl groups is 2. The smallest absolute Gasteiger partial charge is 0.124 e. The summed E-state index contributed by atoms with van der Waals surface area (Å²) in [5.74, 6) is 0.484. The van der Waals surface area contributed by atoms with Crippen LogP contribution in [0.15, 0.2) is 58.5 Å². The van der Waals surface area contributed by atoms with E-state index in [9.17, 15) is 10.2 Å². The lowest BCUT2D eigenvalue weighted by Gasteiger charge is -2.25. The van der Waals surface area contributed by atoms with E-state index in [1.807, 2.05) is 24.3 Å². The minimum Gasteiger partial charge on any atom is -0.507 e. The Labute approximate surface area is 142 Å². The molecular formula is C20H22N2O2. The van der Waals surface area contributed by atoms with Crippen molar-refractivity contribution in [3.8, 4) is 11.5 Å². The Kier molecular flexibility index (Phi) is 5.26. The number of benzene rings is 2. The summed E-state index contributed by atoms with van der Waals surface area (Å²) in [6.45, 7) is 0. The minimum atomic E-state index is 0.112. The Hall–Kier alpha value is -2.62. The molecule has 2 aromatic rings. The average Bonchev–Trinajstić information content (AvgIpc) is 2.61. The normalized spacial score (nSPS) is 21.5. The van der Waals surface area contributed by atoms with E-state index in [1.165, 1.54) is 0 Å². The molecule has 2 atom stereocenters. The summed E-state index contributed by atoms with van der Waals surface area (Å²) < 4.78 is 0. The molecule has 1 saturated carbocycles. The van der Waals surface area contributed by atoms with E-state index < -0.39 is 0 Å². The van der Waals surface area contributed by atoms with Crippen molar-refractivity contribution < 1.29 is 10.2 Å². The molecule has 0 aliphatic heterocycles. The van der Waals surface area contributed by atoms with Crippen LogP contribution in [0.1, 0.15) is 36.8 Å². The molecule has 0 saturated heterocycles. The fourth-order valence-corrected chi connectivity index (χ4v) is 2.98. The minimum absolute atomic E-state index is 0.112. The van der Waals surface area contributed by atoms with Crippen LogP contribution in [0, 0.1) is 0 Å². The van der Waals surface area contributed by atoms with Gasteiger partial charge in [0.05, 0.1) is 12.1 Å². The number of para-hydroxylation sites is 2. The van der Waals surface area contributed by atoms with Crippen LogP contribution >= 0.6 is 0 Å². The van der Waals surface area contributed by atoms with Crippen LogP contribution in [-0.4, -0.2) is 34.7 Å². The van der Waals surface area contributed by atoms with E-state index in [-0.39, 0.29) is 23.6 Å². The summed E-state index contributed by atoms with van der Waals surface area (Å²) >= 11 is 0. The molecule has 2 aromatic carbocycles. The van der Waals surface area contributed by atoms with Crippen molar-refractivity contribution >= 4 is 12.4 Å². The summed E-state index contributed by atoms with van der Waals surface area (Å²) in [7, 11) is 0. The molecule has 4 heteroatoms. The Bertz CT molecular complexity index is 676. The molecule has 2 N–H and O–H groups in total. The van der Waals surface area contributed by atoms with Gasteiger partial charge >= 0.3 is 0 Å². The number of hydrogen-bond donors (Lipinski definition) is 2. The van der Waals surface area contributed by atoms with Crippen molar-refractivity contribution in [2.24, 2.45) is 9.98 Å². The van der Waals surface area contributed by atoms with E-state index in [4.69, 9.17) is 0 Å². The van der Waals surface area contributed by atoms with Crippen LogP contribution in [0.4, 0.5) is 0 Å². The highest BCUT2D eigenvalue weighted by atomic mass is 16.3. The van der Waals surface area contributed by atoms with Crippen LogP contribution in [-0.2, 0) is 0 Å². The molecule has 0 radical (unpaired) electrons. The van der Waals surface area contributed by atoms with E-state index in [0.717, 1.165) is 36.8 Å². The Balaban J connectivity index is 1.74. The number of hydrogen-bond acceptors (Lipinski definition) is 4. The Morgan fingerprint density at radius 2 is 1.12 bits per heavy atom. The van der Waals surface area contributed by atoms with Crippen LogP contribution in [0.25, 0.3) is 0 Å². The van der Waals surface area contributed by atoms with Gasteiger partial charge in [-0.05, 0) is 37.1 Å². The van der Waals surface area contributed by atoms with E-state index >= 15 is 0 Å². The third-order valence-electron chi connectivity index (χ3n) is 4.38. The highest BCUT2D eigenvalue weighted by Gasteiger charge is 2.23. The van der Waals surface area contributed by atoms with E-state index in [0.29, 0.717) is 0 Å². The SMILES string of the molecule is Oc1ccccc1C=NC1CCCCC1N=Cc1ccccc1O. The number of phenolic OH excluding ortho intramolecular Hbond substituents is 2. The standard InChI is InChI=1S/C20H22N2O2/c23-19-11-5-1-7-15(19)13-21-17-9-3-4-10-18(17)22-14-16-8-2-6-12-20(16)24/h1-2,5-8,11-14,17-18,23-24H,3-4,9-10H2. The second-order valence-electron chi connectivity index (χ2n) is 6.09. The second kappa shape index (κ2) is 7.77.